The molecule has 2 fully saturated rings. The van der Waals surface area contributed by atoms with Gasteiger partial charge in [0, 0.05) is 12.0 Å². The van der Waals surface area contributed by atoms with Crippen LogP contribution in [0.3, 0.4) is 0 Å². The molecule has 30 heavy (non-hydrogen) atoms. The predicted molar refractivity (Wildman–Crippen MR) is 122 cm³/mol. The van der Waals surface area contributed by atoms with Crippen molar-refractivity contribution in [1.82, 2.24) is 5.32 Å². The van der Waals surface area contributed by atoms with Crippen molar-refractivity contribution in [3.63, 3.8) is 0 Å². The van der Waals surface area contributed by atoms with Gasteiger partial charge in [-0.3, -0.25) is 4.79 Å². The van der Waals surface area contributed by atoms with Gasteiger partial charge in [0.1, 0.15) is 0 Å². The number of allylic oxidation sites excluding steroid dienone is 1. The molecule has 4 heteroatoms. The highest BCUT2D eigenvalue weighted by Crippen LogP contribution is 2.61. The van der Waals surface area contributed by atoms with Gasteiger partial charge in [-0.05, 0) is 86.7 Å². The Bertz CT molecular complexity index is 698. The van der Waals surface area contributed by atoms with Crippen LogP contribution >= 0.6 is 0 Å². The number of furan rings is 1. The monoisotopic (exact) mass is 415 g/mol. The number of aryl methyl sites for hydroxylation is 1. The van der Waals surface area contributed by atoms with Crippen molar-refractivity contribution in [2.75, 3.05) is 13.1 Å². The molecule has 168 valence electrons. The summed E-state index contributed by atoms with van der Waals surface area (Å²) in [6.45, 7) is 11.0. The lowest BCUT2D eigenvalue weighted by Crippen LogP contribution is -2.56. The first-order valence-electron chi connectivity index (χ1n) is 12.2. The zero-order valence-corrected chi connectivity index (χ0v) is 19.3. The molecule has 0 saturated heterocycles. The third-order valence-electron chi connectivity index (χ3n) is 8.30. The van der Waals surface area contributed by atoms with Gasteiger partial charge in [-0.2, -0.15) is 0 Å². The maximum Gasteiger partial charge on any atom is 0.226 e. The summed E-state index contributed by atoms with van der Waals surface area (Å²) in [5.74, 6) is 1.21. The van der Waals surface area contributed by atoms with Crippen LogP contribution in [-0.4, -0.2) is 19.0 Å². The molecular weight excluding hydrogens is 372 g/mol. The Morgan fingerprint density at radius 2 is 2.07 bits per heavy atom. The van der Waals surface area contributed by atoms with Gasteiger partial charge >= 0.3 is 0 Å². The average molecular weight is 416 g/mol. The molecule has 1 amide bonds. The number of rotatable bonds is 10. The van der Waals surface area contributed by atoms with Crippen molar-refractivity contribution in [3.05, 3.63) is 36.3 Å². The SMILES string of the molecule is C=C1CC[C@@H]2[C@](C)(CCC[C@]2(C)C(=O)NCCCCCC[NH3+])[C@H]1CCc1ccoc1. The summed E-state index contributed by atoms with van der Waals surface area (Å²) >= 11 is 0. The number of amides is 1. The number of hydrogen-bond donors (Lipinski definition) is 2. The maximum atomic E-state index is 13.4. The van der Waals surface area contributed by atoms with Gasteiger partial charge in [0.25, 0.3) is 0 Å². The van der Waals surface area contributed by atoms with Gasteiger partial charge in [0.15, 0.2) is 0 Å². The number of carbonyl (C=O) groups is 1. The molecule has 1 aromatic rings. The zero-order chi connectivity index (χ0) is 21.6. The highest BCUT2D eigenvalue weighted by molar-refractivity contribution is 5.83. The van der Waals surface area contributed by atoms with Crippen molar-refractivity contribution < 1.29 is 14.9 Å². The topological polar surface area (TPSA) is 69.9 Å². The number of hydrogen-bond acceptors (Lipinski definition) is 2. The number of carbonyl (C=O) groups excluding carboxylic acids is 1. The van der Waals surface area contributed by atoms with Crippen molar-refractivity contribution in [3.8, 4) is 0 Å². The molecular formula is C26H43N2O2+. The highest BCUT2D eigenvalue weighted by Gasteiger charge is 2.56. The van der Waals surface area contributed by atoms with Crippen molar-refractivity contribution in [2.24, 2.45) is 22.7 Å². The Morgan fingerprint density at radius 1 is 1.27 bits per heavy atom. The summed E-state index contributed by atoms with van der Waals surface area (Å²) in [4.78, 5) is 13.4. The molecule has 2 aliphatic carbocycles. The molecule has 3 rings (SSSR count). The van der Waals surface area contributed by atoms with Gasteiger partial charge in [0.05, 0.1) is 19.1 Å². The fraction of sp³-hybridized carbons (Fsp3) is 0.731. The summed E-state index contributed by atoms with van der Waals surface area (Å²) < 4.78 is 5.27. The van der Waals surface area contributed by atoms with Gasteiger partial charge in [-0.15, -0.1) is 0 Å². The summed E-state index contributed by atoms with van der Waals surface area (Å²) in [5, 5.41) is 3.31. The normalized spacial score (nSPS) is 31.4. The van der Waals surface area contributed by atoms with Crippen LogP contribution < -0.4 is 11.1 Å². The molecule has 0 unspecified atom stereocenters. The molecule has 1 aromatic heterocycles. The van der Waals surface area contributed by atoms with Crippen LogP contribution in [0.1, 0.15) is 83.6 Å². The molecule has 0 aliphatic heterocycles. The first-order chi connectivity index (χ1) is 14.4. The Hall–Kier alpha value is -1.55. The van der Waals surface area contributed by atoms with Crippen LogP contribution in [0.2, 0.25) is 0 Å². The standard InChI is InChI=1S/C26H42N2O2/c1-20-9-12-23-25(2,22(20)11-10-21-13-18-30-19-21)14-8-15-26(23,3)24(29)28-17-7-5-4-6-16-27/h13,18-19,22-23H,1,4-12,14-17,27H2,2-3H3,(H,28,29)/p+1/t22-,23+,25+,26-/m0/s1. The van der Waals surface area contributed by atoms with Gasteiger partial charge in [-0.1, -0.05) is 38.8 Å². The summed E-state index contributed by atoms with van der Waals surface area (Å²) in [7, 11) is 0. The number of unbranched alkanes of at least 4 members (excludes halogenated alkanes) is 3. The van der Waals surface area contributed by atoms with Crippen LogP contribution in [0.4, 0.5) is 0 Å². The lowest BCUT2D eigenvalue weighted by molar-refractivity contribution is -0.368. The van der Waals surface area contributed by atoms with E-state index in [1.54, 1.807) is 6.26 Å². The number of nitrogens with one attached hydrogen (secondary N) is 1. The lowest BCUT2D eigenvalue weighted by Gasteiger charge is -2.58. The van der Waals surface area contributed by atoms with Crippen LogP contribution in [-0.2, 0) is 11.2 Å². The zero-order valence-electron chi connectivity index (χ0n) is 19.3. The minimum atomic E-state index is -0.255. The maximum absolute atomic E-state index is 13.4. The lowest BCUT2D eigenvalue weighted by atomic mass is 9.46. The molecule has 0 aromatic carbocycles. The smallest absolute Gasteiger partial charge is 0.226 e. The largest absolute Gasteiger partial charge is 0.472 e. The quantitative estimate of drug-likeness (QED) is 0.421. The van der Waals surface area contributed by atoms with Crippen molar-refractivity contribution in [2.45, 2.75) is 84.5 Å². The molecule has 4 atom stereocenters. The molecule has 0 radical (unpaired) electrons. The van der Waals surface area contributed by atoms with E-state index in [4.69, 9.17) is 4.42 Å². The predicted octanol–water partition coefficient (Wildman–Crippen LogP) is 4.91. The van der Waals surface area contributed by atoms with Crippen molar-refractivity contribution in [1.29, 1.82) is 0 Å². The number of fused-ring (bicyclic) bond motifs is 1. The third kappa shape index (κ3) is 4.85. The molecule has 1 heterocycles. The molecule has 2 aliphatic rings. The Balaban J connectivity index is 1.65. The van der Waals surface area contributed by atoms with E-state index in [1.807, 2.05) is 6.26 Å². The molecule has 4 N–H and O–H groups in total. The second-order valence-electron chi connectivity index (χ2n) is 10.3. The van der Waals surface area contributed by atoms with Gasteiger partial charge < -0.3 is 15.5 Å². The third-order valence-corrected chi connectivity index (χ3v) is 8.30. The fourth-order valence-corrected chi connectivity index (χ4v) is 6.56. The summed E-state index contributed by atoms with van der Waals surface area (Å²) in [5.41, 5.74) is 6.48. The minimum absolute atomic E-state index is 0.164. The number of quaternary nitrogens is 1. The van der Waals surface area contributed by atoms with E-state index in [0.29, 0.717) is 11.8 Å². The fourth-order valence-electron chi connectivity index (χ4n) is 6.56. The Kier molecular flexibility index (Phi) is 7.84. The first-order valence-corrected chi connectivity index (χ1v) is 12.2. The van der Waals surface area contributed by atoms with E-state index in [1.165, 1.54) is 36.8 Å². The van der Waals surface area contributed by atoms with Crippen LogP contribution in [0.25, 0.3) is 0 Å². The minimum Gasteiger partial charge on any atom is -0.472 e. The second kappa shape index (κ2) is 10.2. The van der Waals surface area contributed by atoms with E-state index in [0.717, 1.165) is 58.0 Å². The van der Waals surface area contributed by atoms with Crippen LogP contribution in [0.15, 0.2) is 35.2 Å². The first kappa shape index (κ1) is 23.1. The Labute approximate surface area is 183 Å². The van der Waals surface area contributed by atoms with Crippen LogP contribution in [0.5, 0.6) is 0 Å². The van der Waals surface area contributed by atoms with E-state index >= 15 is 0 Å². The molecule has 4 nitrogen and oxygen atoms in total. The molecule has 0 bridgehead atoms. The molecule has 0 spiro atoms. The van der Waals surface area contributed by atoms with Crippen molar-refractivity contribution >= 4 is 5.91 Å². The van der Waals surface area contributed by atoms with Crippen LogP contribution in [0, 0.1) is 22.7 Å². The second-order valence-corrected chi connectivity index (χ2v) is 10.3. The van der Waals surface area contributed by atoms with E-state index in [9.17, 15) is 4.79 Å². The molecule has 2 saturated carbocycles. The highest BCUT2D eigenvalue weighted by atomic mass is 16.3. The average Bonchev–Trinajstić information content (AvgIpc) is 3.23. The summed E-state index contributed by atoms with van der Waals surface area (Å²) in [6, 6.07) is 2.07. The van der Waals surface area contributed by atoms with E-state index < -0.39 is 0 Å². The van der Waals surface area contributed by atoms with Gasteiger partial charge in [0.2, 0.25) is 5.91 Å². The Morgan fingerprint density at radius 3 is 2.80 bits per heavy atom. The van der Waals surface area contributed by atoms with E-state index in [2.05, 4.69) is 37.5 Å². The summed E-state index contributed by atoms with van der Waals surface area (Å²) in [6.07, 6.45) is 15.9. The van der Waals surface area contributed by atoms with E-state index in [-0.39, 0.29) is 16.7 Å². The van der Waals surface area contributed by atoms with Gasteiger partial charge in [-0.25, -0.2) is 0 Å².